The summed E-state index contributed by atoms with van der Waals surface area (Å²) in [4.78, 5) is -0.0173. The molecule has 0 saturated carbocycles. The number of nitrogens with zero attached hydrogens (tertiary/aromatic N) is 1. The molecule has 0 spiro atoms. The number of benzene rings is 2. The molecule has 124 valence electrons. The van der Waals surface area contributed by atoms with Gasteiger partial charge in [-0.25, -0.2) is 12.8 Å². The first kappa shape index (κ1) is 18.4. The van der Waals surface area contributed by atoms with Gasteiger partial charge in [-0.2, -0.15) is 4.31 Å². The molecule has 0 radical (unpaired) electrons. The van der Waals surface area contributed by atoms with Crippen molar-refractivity contribution in [2.24, 2.45) is 0 Å². The lowest BCUT2D eigenvalue weighted by molar-refractivity contribution is 0.398. The second-order valence-corrected chi connectivity index (χ2v) is 8.46. The van der Waals surface area contributed by atoms with Crippen molar-refractivity contribution in [1.29, 1.82) is 0 Å². The molecule has 0 N–H and O–H groups in total. The summed E-state index contributed by atoms with van der Waals surface area (Å²) < 4.78 is 45.7. The summed E-state index contributed by atoms with van der Waals surface area (Å²) in [6, 6.07) is 9.41. The molecule has 0 unspecified atom stereocenters. The lowest BCUT2D eigenvalue weighted by atomic mass is 10.2. The van der Waals surface area contributed by atoms with Crippen molar-refractivity contribution in [2.75, 3.05) is 14.2 Å². The van der Waals surface area contributed by atoms with E-state index >= 15 is 0 Å². The van der Waals surface area contributed by atoms with Crippen molar-refractivity contribution >= 4 is 41.9 Å². The first-order chi connectivity index (χ1) is 10.8. The van der Waals surface area contributed by atoms with Gasteiger partial charge in [0, 0.05) is 28.1 Å². The minimum absolute atomic E-state index is 0.0173. The third kappa shape index (κ3) is 3.93. The summed E-state index contributed by atoms with van der Waals surface area (Å²) in [7, 11) is -0.832. The standard InChI is InChI=1S/C15H14Br2FNO3S/c1-19(9-10-5-3-4-6-14(10)22-2)23(20,21)15-12(16)7-11(18)8-13(15)17/h3-8H,9H2,1-2H3. The van der Waals surface area contributed by atoms with Crippen LogP contribution in [0.25, 0.3) is 0 Å². The maximum atomic E-state index is 13.4. The molecule has 0 atom stereocenters. The van der Waals surface area contributed by atoms with E-state index in [2.05, 4.69) is 31.9 Å². The van der Waals surface area contributed by atoms with Gasteiger partial charge in [0.2, 0.25) is 10.0 Å². The molecule has 0 heterocycles. The largest absolute Gasteiger partial charge is 0.496 e. The molecule has 0 amide bonds. The summed E-state index contributed by atoms with van der Waals surface area (Å²) in [5, 5.41) is 0. The molecule has 0 aliphatic heterocycles. The van der Waals surface area contributed by atoms with E-state index in [9.17, 15) is 12.8 Å². The van der Waals surface area contributed by atoms with E-state index in [4.69, 9.17) is 4.74 Å². The van der Waals surface area contributed by atoms with Gasteiger partial charge in [0.05, 0.1) is 7.11 Å². The fourth-order valence-electron chi connectivity index (χ4n) is 2.09. The van der Waals surface area contributed by atoms with Crippen molar-refractivity contribution in [1.82, 2.24) is 4.31 Å². The molecule has 2 rings (SSSR count). The van der Waals surface area contributed by atoms with Gasteiger partial charge in [0.25, 0.3) is 0 Å². The van der Waals surface area contributed by atoms with Crippen molar-refractivity contribution in [3.63, 3.8) is 0 Å². The lowest BCUT2D eigenvalue weighted by Crippen LogP contribution is -2.27. The van der Waals surface area contributed by atoms with Crippen LogP contribution in [-0.2, 0) is 16.6 Å². The molecular weight excluding hydrogens is 453 g/mol. The number of sulfonamides is 1. The predicted octanol–water partition coefficient (Wildman–Crippen LogP) is 4.18. The van der Waals surface area contributed by atoms with Crippen LogP contribution >= 0.6 is 31.9 Å². The Morgan fingerprint density at radius 3 is 2.30 bits per heavy atom. The number of hydrogen-bond acceptors (Lipinski definition) is 3. The Balaban J connectivity index is 2.40. The second-order valence-electron chi connectivity index (χ2n) is 4.77. The molecule has 0 bridgehead atoms. The van der Waals surface area contributed by atoms with Gasteiger partial charge in [0.1, 0.15) is 16.5 Å². The Bertz CT molecular complexity index is 804. The fourth-order valence-corrected chi connectivity index (χ4v) is 5.68. The molecule has 23 heavy (non-hydrogen) atoms. The smallest absolute Gasteiger partial charge is 0.245 e. The third-order valence-corrected chi connectivity index (χ3v) is 6.90. The molecule has 0 aromatic heterocycles. The van der Waals surface area contributed by atoms with Gasteiger partial charge in [-0.1, -0.05) is 18.2 Å². The van der Waals surface area contributed by atoms with Crippen LogP contribution in [-0.4, -0.2) is 26.9 Å². The summed E-state index contributed by atoms with van der Waals surface area (Å²) in [6.07, 6.45) is 0. The second kappa shape index (κ2) is 7.29. The highest BCUT2D eigenvalue weighted by molar-refractivity contribution is 9.11. The van der Waals surface area contributed by atoms with Crippen molar-refractivity contribution < 1.29 is 17.5 Å². The highest BCUT2D eigenvalue weighted by atomic mass is 79.9. The summed E-state index contributed by atoms with van der Waals surface area (Å²) in [5.41, 5.74) is 0.732. The fraction of sp³-hybridized carbons (Fsp3) is 0.200. The Hall–Kier alpha value is -0.960. The van der Waals surface area contributed by atoms with Crippen LogP contribution in [0.15, 0.2) is 50.2 Å². The van der Waals surface area contributed by atoms with E-state index in [1.807, 2.05) is 12.1 Å². The molecule has 8 heteroatoms. The SMILES string of the molecule is COc1ccccc1CN(C)S(=O)(=O)c1c(Br)cc(F)cc1Br. The minimum atomic E-state index is -3.82. The highest BCUT2D eigenvalue weighted by Crippen LogP contribution is 2.33. The van der Waals surface area contributed by atoms with Crippen LogP contribution in [0.4, 0.5) is 4.39 Å². The highest BCUT2D eigenvalue weighted by Gasteiger charge is 2.27. The zero-order valence-corrected chi connectivity index (χ0v) is 16.4. The summed E-state index contributed by atoms with van der Waals surface area (Å²) in [6.45, 7) is 0.128. The van der Waals surface area contributed by atoms with Gasteiger partial charge in [0.15, 0.2) is 0 Å². The molecular formula is C15H14Br2FNO3S. The van der Waals surface area contributed by atoms with E-state index in [0.717, 1.165) is 17.7 Å². The van der Waals surface area contributed by atoms with E-state index in [-0.39, 0.29) is 20.4 Å². The Labute approximate surface area is 151 Å². The maximum absolute atomic E-state index is 13.4. The van der Waals surface area contributed by atoms with Crippen LogP contribution in [0.5, 0.6) is 5.75 Å². The Morgan fingerprint density at radius 1 is 1.17 bits per heavy atom. The van der Waals surface area contributed by atoms with Gasteiger partial charge in [-0.05, 0) is 50.1 Å². The van der Waals surface area contributed by atoms with Crippen LogP contribution in [0.2, 0.25) is 0 Å². The van der Waals surface area contributed by atoms with Crippen LogP contribution in [0, 0.1) is 5.82 Å². The van der Waals surface area contributed by atoms with E-state index in [1.54, 1.807) is 12.1 Å². The first-order valence-corrected chi connectivity index (χ1v) is 9.52. The average molecular weight is 467 g/mol. The van der Waals surface area contributed by atoms with E-state index < -0.39 is 15.8 Å². The number of ether oxygens (including phenoxy) is 1. The Morgan fingerprint density at radius 2 is 1.74 bits per heavy atom. The third-order valence-electron chi connectivity index (χ3n) is 3.22. The van der Waals surface area contributed by atoms with Crippen LogP contribution in [0.1, 0.15) is 5.56 Å². The molecule has 0 aliphatic carbocycles. The summed E-state index contributed by atoms with van der Waals surface area (Å²) in [5.74, 6) is 0.0712. The molecule has 0 saturated heterocycles. The number of rotatable bonds is 5. The topological polar surface area (TPSA) is 46.6 Å². The zero-order chi connectivity index (χ0) is 17.2. The zero-order valence-electron chi connectivity index (χ0n) is 12.4. The minimum Gasteiger partial charge on any atom is -0.496 e. The van der Waals surface area contributed by atoms with Gasteiger partial charge in [-0.3, -0.25) is 0 Å². The quantitative estimate of drug-likeness (QED) is 0.664. The number of methoxy groups -OCH3 is 1. The van der Waals surface area contributed by atoms with Crippen molar-refractivity contribution in [2.45, 2.75) is 11.4 Å². The van der Waals surface area contributed by atoms with E-state index in [0.29, 0.717) is 5.75 Å². The monoisotopic (exact) mass is 465 g/mol. The molecule has 2 aromatic carbocycles. The van der Waals surface area contributed by atoms with Crippen molar-refractivity contribution in [3.8, 4) is 5.75 Å². The summed E-state index contributed by atoms with van der Waals surface area (Å²) >= 11 is 6.23. The van der Waals surface area contributed by atoms with Gasteiger partial charge < -0.3 is 4.74 Å². The number of hydrogen-bond donors (Lipinski definition) is 0. The lowest BCUT2D eigenvalue weighted by Gasteiger charge is -2.20. The molecule has 0 fully saturated rings. The molecule has 2 aromatic rings. The maximum Gasteiger partial charge on any atom is 0.245 e. The van der Waals surface area contributed by atoms with Gasteiger partial charge >= 0.3 is 0 Å². The number of halogens is 3. The first-order valence-electron chi connectivity index (χ1n) is 6.50. The number of para-hydroxylation sites is 1. The van der Waals surface area contributed by atoms with Gasteiger partial charge in [-0.15, -0.1) is 0 Å². The average Bonchev–Trinajstić information content (AvgIpc) is 2.46. The molecule has 4 nitrogen and oxygen atoms in total. The molecule has 0 aliphatic rings. The van der Waals surface area contributed by atoms with Crippen LogP contribution < -0.4 is 4.74 Å². The Kier molecular flexibility index (Phi) is 5.83. The predicted molar refractivity (Wildman–Crippen MR) is 93.4 cm³/mol. The van der Waals surface area contributed by atoms with Crippen LogP contribution in [0.3, 0.4) is 0 Å². The normalized spacial score (nSPS) is 11.7. The van der Waals surface area contributed by atoms with Crippen molar-refractivity contribution in [3.05, 3.63) is 56.7 Å². The van der Waals surface area contributed by atoms with E-state index in [1.165, 1.54) is 18.5 Å².